The van der Waals surface area contributed by atoms with Crippen molar-refractivity contribution in [3.8, 4) is 17.3 Å². The van der Waals surface area contributed by atoms with Crippen molar-refractivity contribution in [2.24, 2.45) is 0 Å². The van der Waals surface area contributed by atoms with Crippen LogP contribution in [-0.2, 0) is 0 Å². The van der Waals surface area contributed by atoms with Gasteiger partial charge in [0.2, 0.25) is 0 Å². The molecule has 0 aliphatic rings. The minimum atomic E-state index is -0.629. The number of amides is 1. The molecule has 3 rings (SSSR count). The summed E-state index contributed by atoms with van der Waals surface area (Å²) in [5.74, 6) is -0.958. The fraction of sp³-hybridized carbons (Fsp3) is 0. The quantitative estimate of drug-likeness (QED) is 0.551. The summed E-state index contributed by atoms with van der Waals surface area (Å²) < 4.78 is 13.0. The minimum absolute atomic E-state index is 0.0363. The second-order valence-electron chi connectivity index (χ2n) is 5.23. The first-order valence-electron chi connectivity index (χ1n) is 7.29. The molecule has 0 saturated heterocycles. The standard InChI is InChI=1S/C17H10FN5O3/c18-12-3-1-10(2-4-12)15-8-16(22-21-15)17(24)20-14-6-5-13(23(25)26)7-11(14)9-19/h1-8H,(H,20,24)(H,21,22). The van der Waals surface area contributed by atoms with Crippen molar-refractivity contribution in [2.45, 2.75) is 0 Å². The van der Waals surface area contributed by atoms with E-state index in [0.29, 0.717) is 11.3 Å². The van der Waals surface area contributed by atoms with Gasteiger partial charge < -0.3 is 5.32 Å². The third kappa shape index (κ3) is 3.39. The lowest BCUT2D eigenvalue weighted by Gasteiger charge is -2.05. The Bertz CT molecular complexity index is 1040. The number of nitrogens with one attached hydrogen (secondary N) is 2. The van der Waals surface area contributed by atoms with Gasteiger partial charge in [-0.1, -0.05) is 0 Å². The molecular formula is C17H10FN5O3. The van der Waals surface area contributed by atoms with Crippen molar-refractivity contribution in [2.75, 3.05) is 5.32 Å². The third-order valence-corrected chi connectivity index (χ3v) is 3.55. The molecule has 1 aromatic heterocycles. The highest BCUT2D eigenvalue weighted by Crippen LogP contribution is 2.23. The van der Waals surface area contributed by atoms with Crippen LogP contribution in [0.25, 0.3) is 11.3 Å². The number of halogens is 1. The molecule has 0 saturated carbocycles. The Morgan fingerprint density at radius 2 is 1.96 bits per heavy atom. The normalized spacial score (nSPS) is 10.2. The van der Waals surface area contributed by atoms with Gasteiger partial charge in [0.15, 0.2) is 0 Å². The van der Waals surface area contributed by atoms with Crippen LogP contribution < -0.4 is 5.32 Å². The minimum Gasteiger partial charge on any atom is -0.319 e. The number of rotatable bonds is 4. The first-order valence-corrected chi connectivity index (χ1v) is 7.29. The van der Waals surface area contributed by atoms with Gasteiger partial charge >= 0.3 is 0 Å². The number of H-pyrrole nitrogens is 1. The topological polar surface area (TPSA) is 125 Å². The summed E-state index contributed by atoms with van der Waals surface area (Å²) in [4.78, 5) is 22.4. The van der Waals surface area contributed by atoms with Crippen molar-refractivity contribution in [3.05, 3.63) is 75.7 Å². The maximum absolute atomic E-state index is 13.0. The van der Waals surface area contributed by atoms with Crippen molar-refractivity contribution in [1.29, 1.82) is 5.26 Å². The number of carbonyl (C=O) groups is 1. The Labute approximate surface area is 146 Å². The highest BCUT2D eigenvalue weighted by molar-refractivity contribution is 6.04. The van der Waals surface area contributed by atoms with Crippen molar-refractivity contribution >= 4 is 17.3 Å². The highest BCUT2D eigenvalue weighted by atomic mass is 19.1. The summed E-state index contributed by atoms with van der Waals surface area (Å²) in [6.45, 7) is 0. The predicted molar refractivity (Wildman–Crippen MR) is 89.7 cm³/mol. The van der Waals surface area contributed by atoms with Gasteiger partial charge in [0, 0.05) is 17.7 Å². The molecule has 128 valence electrons. The zero-order valence-electron chi connectivity index (χ0n) is 13.1. The van der Waals surface area contributed by atoms with Crippen LogP contribution in [0, 0.1) is 27.3 Å². The number of non-ortho nitro benzene ring substituents is 1. The second-order valence-corrected chi connectivity index (χ2v) is 5.23. The van der Waals surface area contributed by atoms with Gasteiger partial charge in [-0.25, -0.2) is 4.39 Å². The molecule has 0 unspecified atom stereocenters. The van der Waals surface area contributed by atoms with E-state index in [1.165, 1.54) is 42.5 Å². The lowest BCUT2D eigenvalue weighted by Crippen LogP contribution is -2.13. The molecule has 2 N–H and O–H groups in total. The van der Waals surface area contributed by atoms with E-state index in [1.807, 2.05) is 0 Å². The van der Waals surface area contributed by atoms with Gasteiger partial charge in [-0.3, -0.25) is 20.0 Å². The van der Waals surface area contributed by atoms with E-state index in [0.717, 1.165) is 6.07 Å². The van der Waals surface area contributed by atoms with E-state index in [1.54, 1.807) is 6.07 Å². The maximum Gasteiger partial charge on any atom is 0.273 e. The Morgan fingerprint density at radius 3 is 2.62 bits per heavy atom. The first-order chi connectivity index (χ1) is 12.5. The zero-order valence-corrected chi connectivity index (χ0v) is 13.1. The number of aromatic amines is 1. The molecule has 0 aliphatic carbocycles. The summed E-state index contributed by atoms with van der Waals surface area (Å²) in [5, 5.41) is 28.9. The van der Waals surface area contributed by atoms with Gasteiger partial charge in [-0.05, 0) is 36.4 Å². The third-order valence-electron chi connectivity index (χ3n) is 3.55. The smallest absolute Gasteiger partial charge is 0.273 e. The number of hydrogen-bond acceptors (Lipinski definition) is 5. The van der Waals surface area contributed by atoms with Crippen LogP contribution in [0.3, 0.4) is 0 Å². The Hall–Kier alpha value is -4.06. The van der Waals surface area contributed by atoms with Crippen LogP contribution >= 0.6 is 0 Å². The van der Waals surface area contributed by atoms with Crippen LogP contribution in [0.5, 0.6) is 0 Å². The number of nitro benzene ring substituents is 1. The van der Waals surface area contributed by atoms with Crippen LogP contribution in [0.2, 0.25) is 0 Å². The highest BCUT2D eigenvalue weighted by Gasteiger charge is 2.15. The molecule has 1 heterocycles. The maximum atomic E-state index is 13.0. The monoisotopic (exact) mass is 351 g/mol. The summed E-state index contributed by atoms with van der Waals surface area (Å²) in [7, 11) is 0. The molecule has 0 bridgehead atoms. The molecule has 8 nitrogen and oxygen atoms in total. The molecule has 0 atom stereocenters. The van der Waals surface area contributed by atoms with Crippen LogP contribution in [0.15, 0.2) is 48.5 Å². The number of nitrogens with zero attached hydrogens (tertiary/aromatic N) is 3. The molecule has 0 aliphatic heterocycles. The second kappa shape index (κ2) is 6.82. The van der Waals surface area contributed by atoms with Gasteiger partial charge in [0.05, 0.1) is 21.9 Å². The largest absolute Gasteiger partial charge is 0.319 e. The van der Waals surface area contributed by atoms with Crippen molar-refractivity contribution in [1.82, 2.24) is 10.2 Å². The van der Waals surface area contributed by atoms with E-state index in [2.05, 4.69) is 15.5 Å². The number of anilines is 1. The van der Waals surface area contributed by atoms with Crippen molar-refractivity contribution in [3.63, 3.8) is 0 Å². The van der Waals surface area contributed by atoms with Gasteiger partial charge in [-0.15, -0.1) is 0 Å². The summed E-state index contributed by atoms with van der Waals surface area (Å²) in [6, 6.07) is 12.4. The van der Waals surface area contributed by atoms with Gasteiger partial charge in [0.25, 0.3) is 11.6 Å². The van der Waals surface area contributed by atoms with E-state index >= 15 is 0 Å². The summed E-state index contributed by atoms with van der Waals surface area (Å²) in [5.41, 5.74) is 1.03. The molecule has 0 fully saturated rings. The van der Waals surface area contributed by atoms with Gasteiger partial charge in [-0.2, -0.15) is 10.4 Å². The van der Waals surface area contributed by atoms with E-state index in [-0.39, 0.29) is 28.4 Å². The molecule has 0 radical (unpaired) electrons. The zero-order chi connectivity index (χ0) is 18.7. The fourth-order valence-corrected chi connectivity index (χ4v) is 2.24. The van der Waals surface area contributed by atoms with E-state index in [4.69, 9.17) is 5.26 Å². The lowest BCUT2D eigenvalue weighted by atomic mass is 10.1. The average molecular weight is 351 g/mol. The lowest BCUT2D eigenvalue weighted by molar-refractivity contribution is -0.384. The molecule has 26 heavy (non-hydrogen) atoms. The summed E-state index contributed by atoms with van der Waals surface area (Å²) >= 11 is 0. The number of hydrogen-bond donors (Lipinski definition) is 2. The first kappa shape index (κ1) is 16.8. The number of benzene rings is 2. The number of carbonyl (C=O) groups excluding carboxylic acids is 1. The molecular weight excluding hydrogens is 341 g/mol. The molecule has 3 aromatic rings. The molecule has 2 aromatic carbocycles. The summed E-state index contributed by atoms with van der Waals surface area (Å²) in [6.07, 6.45) is 0. The number of aromatic nitrogens is 2. The number of nitriles is 1. The Kier molecular flexibility index (Phi) is 4.40. The predicted octanol–water partition coefficient (Wildman–Crippen LogP) is 3.25. The Morgan fingerprint density at radius 1 is 1.23 bits per heavy atom. The molecule has 0 spiro atoms. The van der Waals surface area contributed by atoms with Crippen LogP contribution in [-0.4, -0.2) is 21.0 Å². The van der Waals surface area contributed by atoms with E-state index < -0.39 is 10.8 Å². The van der Waals surface area contributed by atoms with Crippen LogP contribution in [0.1, 0.15) is 16.1 Å². The van der Waals surface area contributed by atoms with Crippen molar-refractivity contribution < 1.29 is 14.1 Å². The van der Waals surface area contributed by atoms with Crippen LogP contribution in [0.4, 0.5) is 15.8 Å². The fourth-order valence-electron chi connectivity index (χ4n) is 2.24. The Balaban J connectivity index is 1.82. The number of nitro groups is 1. The van der Waals surface area contributed by atoms with E-state index in [9.17, 15) is 19.3 Å². The molecule has 9 heteroatoms. The SMILES string of the molecule is N#Cc1cc([N+](=O)[O-])ccc1NC(=O)c1cc(-c2ccc(F)cc2)n[nH]1. The average Bonchev–Trinajstić information content (AvgIpc) is 3.12. The van der Waals surface area contributed by atoms with Gasteiger partial charge in [0.1, 0.15) is 17.6 Å². The molecule has 1 amide bonds.